The first-order chi connectivity index (χ1) is 16.1. The molecule has 3 aromatic carbocycles. The third-order valence-electron chi connectivity index (χ3n) is 6.32. The number of fused-ring (bicyclic) bond motifs is 3. The Labute approximate surface area is 194 Å². The van der Waals surface area contributed by atoms with Gasteiger partial charge in [0.1, 0.15) is 5.82 Å². The summed E-state index contributed by atoms with van der Waals surface area (Å²) >= 11 is 0. The lowest BCUT2D eigenvalue weighted by atomic mass is 9.77. The van der Waals surface area contributed by atoms with Crippen LogP contribution in [0.4, 0.5) is 28.9 Å². The number of alkyl halides is 3. The quantitative estimate of drug-likeness (QED) is 0.327. The second-order valence-corrected chi connectivity index (χ2v) is 10.1. The molecule has 0 amide bonds. The maximum atomic E-state index is 13.4. The maximum absolute atomic E-state index is 13.4. The van der Waals surface area contributed by atoms with Crippen LogP contribution in [0.25, 0.3) is 0 Å². The smallest absolute Gasteiger partial charge is 0.378 e. The largest absolute Gasteiger partial charge is 0.416 e. The zero-order valence-electron chi connectivity index (χ0n) is 17.7. The Bertz CT molecular complexity index is 1370. The van der Waals surface area contributed by atoms with E-state index in [1.54, 1.807) is 24.3 Å². The minimum atomic E-state index is -4.58. The summed E-state index contributed by atoms with van der Waals surface area (Å²) in [4.78, 5) is -0.0373. The molecule has 176 valence electrons. The number of hydrogen-bond acceptors (Lipinski definition) is 3. The molecule has 1 heterocycles. The van der Waals surface area contributed by atoms with Crippen molar-refractivity contribution >= 4 is 21.4 Å². The van der Waals surface area contributed by atoms with Crippen molar-refractivity contribution in [3.8, 4) is 0 Å². The molecular weight excluding hydrogens is 468 g/mol. The van der Waals surface area contributed by atoms with Crippen molar-refractivity contribution in [1.82, 2.24) is 0 Å². The molecule has 0 fully saturated rings. The average molecular weight is 489 g/mol. The number of allylic oxidation sites excluding steroid dienone is 2. The molecule has 0 unspecified atom stereocenters. The highest BCUT2D eigenvalue weighted by molar-refractivity contribution is 7.92. The van der Waals surface area contributed by atoms with E-state index in [0.717, 1.165) is 41.4 Å². The van der Waals surface area contributed by atoms with E-state index in [9.17, 15) is 26.0 Å². The lowest BCUT2D eigenvalue weighted by molar-refractivity contribution is -0.137. The van der Waals surface area contributed by atoms with Crippen molar-refractivity contribution in [3.63, 3.8) is 0 Å². The number of hydrogen-bond donors (Lipinski definition) is 2. The first-order valence-corrected chi connectivity index (χ1v) is 12.1. The highest BCUT2D eigenvalue weighted by atomic mass is 32.2. The fraction of sp³-hybridized carbons (Fsp3) is 0.200. The van der Waals surface area contributed by atoms with Gasteiger partial charge in [-0.25, -0.2) is 12.8 Å². The summed E-state index contributed by atoms with van der Waals surface area (Å²) in [6.07, 6.45) is 0.282. The Balaban J connectivity index is 1.46. The Kier molecular flexibility index (Phi) is 5.39. The molecule has 2 N–H and O–H groups in total. The Morgan fingerprint density at radius 2 is 1.74 bits per heavy atom. The lowest BCUT2D eigenvalue weighted by Crippen LogP contribution is -2.29. The van der Waals surface area contributed by atoms with Gasteiger partial charge in [0.25, 0.3) is 10.0 Å². The molecule has 1 aliphatic heterocycles. The number of halogens is 4. The van der Waals surface area contributed by atoms with Crippen LogP contribution in [0.3, 0.4) is 0 Å². The van der Waals surface area contributed by atoms with Gasteiger partial charge in [-0.15, -0.1) is 0 Å². The fourth-order valence-corrected chi connectivity index (χ4v) is 5.80. The van der Waals surface area contributed by atoms with Crippen LogP contribution in [-0.2, 0) is 16.2 Å². The third-order valence-corrected chi connectivity index (χ3v) is 7.69. The van der Waals surface area contributed by atoms with Crippen molar-refractivity contribution < 1.29 is 26.0 Å². The van der Waals surface area contributed by atoms with Crippen LogP contribution < -0.4 is 10.0 Å². The van der Waals surface area contributed by atoms with Gasteiger partial charge in [0.05, 0.1) is 16.5 Å². The van der Waals surface area contributed by atoms with Gasteiger partial charge in [-0.1, -0.05) is 30.4 Å². The first-order valence-electron chi connectivity index (χ1n) is 10.6. The van der Waals surface area contributed by atoms with Gasteiger partial charge in [0.2, 0.25) is 0 Å². The topological polar surface area (TPSA) is 58.2 Å². The fourth-order valence-electron chi connectivity index (χ4n) is 4.71. The van der Waals surface area contributed by atoms with Gasteiger partial charge in [-0.05, 0) is 72.0 Å². The minimum Gasteiger partial charge on any atom is -0.378 e. The van der Waals surface area contributed by atoms with E-state index in [-0.39, 0.29) is 34.3 Å². The molecule has 4 nitrogen and oxygen atoms in total. The SMILES string of the molecule is O=S(=O)(Nc1cccc(C(F)(F)F)c1)c1ccc2c(c1)[C@@H]1C=CC[C@H]1[C@H](c1ccc(F)cc1)N2. The Morgan fingerprint density at radius 1 is 0.971 bits per heavy atom. The molecule has 3 atom stereocenters. The van der Waals surface area contributed by atoms with Crippen LogP contribution in [0.2, 0.25) is 0 Å². The Morgan fingerprint density at radius 3 is 2.47 bits per heavy atom. The zero-order chi connectivity index (χ0) is 24.1. The summed E-state index contributed by atoms with van der Waals surface area (Å²) in [5.74, 6) is -0.244. The van der Waals surface area contributed by atoms with Crippen molar-refractivity contribution in [1.29, 1.82) is 0 Å². The van der Waals surface area contributed by atoms with E-state index in [0.29, 0.717) is 0 Å². The standard InChI is InChI=1S/C25H20F4N2O2S/c26-17-9-7-15(8-10-17)24-21-6-2-5-20(21)22-14-19(11-12-23(22)30-24)34(32,33)31-18-4-1-3-16(13-18)25(27,28)29/h1-5,7-14,20-21,24,30-31H,6H2/t20-,21-,24+/m1/s1. The van der Waals surface area contributed by atoms with E-state index in [4.69, 9.17) is 0 Å². The first kappa shape index (κ1) is 22.5. The second-order valence-electron chi connectivity index (χ2n) is 8.46. The number of benzene rings is 3. The van der Waals surface area contributed by atoms with E-state index < -0.39 is 21.8 Å². The Hall–Kier alpha value is -3.33. The normalized spacial score (nSPS) is 21.5. The lowest BCUT2D eigenvalue weighted by Gasteiger charge is -2.37. The van der Waals surface area contributed by atoms with E-state index in [1.165, 1.54) is 24.3 Å². The van der Waals surface area contributed by atoms with Crippen LogP contribution in [-0.4, -0.2) is 8.42 Å². The summed E-state index contributed by atoms with van der Waals surface area (Å²) in [6.45, 7) is 0. The van der Waals surface area contributed by atoms with Crippen LogP contribution in [0.1, 0.15) is 35.1 Å². The summed E-state index contributed by atoms with van der Waals surface area (Å²) in [5.41, 5.74) is 1.40. The van der Waals surface area contributed by atoms with Crippen molar-refractivity contribution in [2.45, 2.75) is 29.5 Å². The molecule has 9 heteroatoms. The zero-order valence-corrected chi connectivity index (χ0v) is 18.5. The van der Waals surface area contributed by atoms with Crippen molar-refractivity contribution in [2.75, 3.05) is 10.0 Å². The molecule has 5 rings (SSSR count). The van der Waals surface area contributed by atoms with Crippen molar-refractivity contribution in [3.05, 3.63) is 101 Å². The van der Waals surface area contributed by atoms with Gasteiger partial charge < -0.3 is 5.32 Å². The molecule has 0 saturated carbocycles. The summed E-state index contributed by atoms with van der Waals surface area (Å²) < 4.78 is 80.6. The van der Waals surface area contributed by atoms with E-state index in [2.05, 4.69) is 10.0 Å². The molecule has 1 aliphatic carbocycles. The molecule has 0 radical (unpaired) electrons. The number of nitrogens with one attached hydrogen (secondary N) is 2. The average Bonchev–Trinajstić information content (AvgIpc) is 3.28. The number of rotatable bonds is 4. The van der Waals surface area contributed by atoms with Crippen LogP contribution in [0, 0.1) is 11.7 Å². The molecule has 0 aromatic heterocycles. The summed E-state index contributed by atoms with van der Waals surface area (Å²) in [6, 6.07) is 15.0. The van der Waals surface area contributed by atoms with Crippen LogP contribution >= 0.6 is 0 Å². The van der Waals surface area contributed by atoms with Gasteiger partial charge in [0, 0.05) is 17.3 Å². The van der Waals surface area contributed by atoms with Gasteiger partial charge in [-0.2, -0.15) is 13.2 Å². The molecule has 2 aliphatic rings. The molecule has 0 bridgehead atoms. The third kappa shape index (κ3) is 4.16. The maximum Gasteiger partial charge on any atom is 0.416 e. The van der Waals surface area contributed by atoms with Gasteiger partial charge in [0.15, 0.2) is 0 Å². The van der Waals surface area contributed by atoms with Gasteiger partial charge >= 0.3 is 6.18 Å². The predicted molar refractivity (Wildman–Crippen MR) is 121 cm³/mol. The summed E-state index contributed by atoms with van der Waals surface area (Å²) in [7, 11) is -4.12. The molecule has 0 saturated heterocycles. The highest BCUT2D eigenvalue weighted by Crippen LogP contribution is 2.50. The predicted octanol–water partition coefficient (Wildman–Crippen LogP) is 6.47. The summed E-state index contributed by atoms with van der Waals surface area (Å²) in [5, 5.41) is 3.45. The molecule has 3 aromatic rings. The molecule has 0 spiro atoms. The second kappa shape index (κ2) is 8.16. The minimum absolute atomic E-state index is 0.0373. The van der Waals surface area contributed by atoms with Crippen molar-refractivity contribution in [2.24, 2.45) is 5.92 Å². The van der Waals surface area contributed by atoms with E-state index in [1.807, 2.05) is 12.2 Å². The van der Waals surface area contributed by atoms with Crippen LogP contribution in [0.5, 0.6) is 0 Å². The van der Waals surface area contributed by atoms with Crippen LogP contribution in [0.15, 0.2) is 83.8 Å². The highest BCUT2D eigenvalue weighted by Gasteiger charge is 2.38. The van der Waals surface area contributed by atoms with E-state index >= 15 is 0 Å². The number of sulfonamides is 1. The molecular formula is C25H20F4N2O2S. The van der Waals surface area contributed by atoms with Gasteiger partial charge in [-0.3, -0.25) is 4.72 Å². The number of anilines is 2. The monoisotopic (exact) mass is 488 g/mol. The molecule has 34 heavy (non-hydrogen) atoms.